The van der Waals surface area contributed by atoms with Crippen molar-refractivity contribution in [1.82, 2.24) is 9.88 Å². The molecule has 1 saturated heterocycles. The topological polar surface area (TPSA) is 42.4 Å². The summed E-state index contributed by atoms with van der Waals surface area (Å²) in [4.78, 5) is 19.3. The number of nitrogens with zero attached hydrogens (tertiary/aromatic N) is 2. The highest BCUT2D eigenvalue weighted by Gasteiger charge is 2.40. The molecule has 3 heterocycles. The van der Waals surface area contributed by atoms with Crippen molar-refractivity contribution in [3.63, 3.8) is 0 Å². The summed E-state index contributed by atoms with van der Waals surface area (Å²) in [6.45, 7) is 1.47. The molecule has 1 amide bonds. The van der Waals surface area contributed by atoms with Crippen LogP contribution in [0, 0.1) is 0 Å². The van der Waals surface area contributed by atoms with Crippen LogP contribution in [0.1, 0.15) is 34.6 Å². The number of para-hydroxylation sites is 2. The molecule has 0 atom stereocenters. The van der Waals surface area contributed by atoms with Crippen LogP contribution in [0.15, 0.2) is 48.5 Å². The van der Waals surface area contributed by atoms with Gasteiger partial charge in [-0.15, -0.1) is 11.3 Å². The maximum Gasteiger partial charge on any atom is 0.282 e. The van der Waals surface area contributed by atoms with Crippen molar-refractivity contribution >= 4 is 27.5 Å². The van der Waals surface area contributed by atoms with Gasteiger partial charge >= 0.3 is 0 Å². The van der Waals surface area contributed by atoms with Crippen molar-refractivity contribution in [2.45, 2.75) is 31.3 Å². The highest BCUT2D eigenvalue weighted by molar-refractivity contribution is 7.20. The number of aryl methyl sites for hydroxylation is 1. The molecule has 1 aromatic heterocycles. The minimum absolute atomic E-state index is 0.0530. The Morgan fingerprint density at radius 1 is 1.04 bits per heavy atom. The Morgan fingerprint density at radius 2 is 1.81 bits per heavy atom. The molecule has 5 rings (SSSR count). The largest absolute Gasteiger partial charge is 0.487 e. The first-order valence-electron chi connectivity index (χ1n) is 9.14. The standard InChI is InChI=1S/C21H20N2O2S/c24-20(19-22-16-6-2-4-8-18(16)26-19)23-13-11-21(12-14-23)10-9-15-5-1-3-7-17(15)25-21/h1-8H,9-14H2. The lowest BCUT2D eigenvalue weighted by Gasteiger charge is -2.44. The van der Waals surface area contributed by atoms with E-state index in [9.17, 15) is 4.79 Å². The van der Waals surface area contributed by atoms with Gasteiger partial charge in [0.25, 0.3) is 5.91 Å². The molecule has 2 aliphatic heterocycles. The Balaban J connectivity index is 1.30. The van der Waals surface area contributed by atoms with Gasteiger partial charge in [0.1, 0.15) is 11.4 Å². The minimum Gasteiger partial charge on any atom is -0.487 e. The zero-order valence-corrected chi connectivity index (χ0v) is 15.3. The predicted octanol–water partition coefficient (Wildman–Crippen LogP) is 4.30. The van der Waals surface area contributed by atoms with E-state index in [1.807, 2.05) is 35.2 Å². The van der Waals surface area contributed by atoms with Crippen LogP contribution in [0.3, 0.4) is 0 Å². The number of fused-ring (bicyclic) bond motifs is 2. The number of amides is 1. The van der Waals surface area contributed by atoms with E-state index in [-0.39, 0.29) is 11.5 Å². The summed E-state index contributed by atoms with van der Waals surface area (Å²) >= 11 is 1.48. The summed E-state index contributed by atoms with van der Waals surface area (Å²) in [5.41, 5.74) is 2.09. The number of carbonyl (C=O) groups excluding carboxylic acids is 1. The lowest BCUT2D eigenvalue weighted by molar-refractivity contribution is -0.0106. The van der Waals surface area contributed by atoms with Crippen LogP contribution in [0.4, 0.5) is 0 Å². The van der Waals surface area contributed by atoms with E-state index in [1.165, 1.54) is 16.9 Å². The van der Waals surface area contributed by atoms with Crippen molar-refractivity contribution in [3.05, 3.63) is 59.1 Å². The monoisotopic (exact) mass is 364 g/mol. The number of rotatable bonds is 1. The number of thiazole rings is 1. The van der Waals surface area contributed by atoms with Gasteiger partial charge in [-0.1, -0.05) is 30.3 Å². The Morgan fingerprint density at radius 3 is 2.65 bits per heavy atom. The van der Waals surface area contributed by atoms with Gasteiger partial charge in [-0.05, 0) is 36.6 Å². The zero-order chi connectivity index (χ0) is 17.6. The quantitative estimate of drug-likeness (QED) is 0.647. The molecule has 132 valence electrons. The van der Waals surface area contributed by atoms with E-state index < -0.39 is 0 Å². The van der Waals surface area contributed by atoms with Crippen molar-refractivity contribution < 1.29 is 9.53 Å². The molecule has 2 aromatic carbocycles. The minimum atomic E-state index is -0.112. The van der Waals surface area contributed by atoms with E-state index in [0.29, 0.717) is 5.01 Å². The third-order valence-electron chi connectivity index (χ3n) is 5.59. The number of aromatic nitrogens is 1. The average molecular weight is 364 g/mol. The van der Waals surface area contributed by atoms with Gasteiger partial charge < -0.3 is 9.64 Å². The fourth-order valence-electron chi connectivity index (χ4n) is 4.03. The lowest BCUT2D eigenvalue weighted by Crippen LogP contribution is -2.51. The van der Waals surface area contributed by atoms with Crippen molar-refractivity contribution in [1.29, 1.82) is 0 Å². The second kappa shape index (κ2) is 6.09. The molecule has 3 aromatic rings. The average Bonchev–Trinajstić information content (AvgIpc) is 3.12. The van der Waals surface area contributed by atoms with Crippen LogP contribution in [-0.2, 0) is 6.42 Å². The van der Waals surface area contributed by atoms with Gasteiger partial charge in [-0.3, -0.25) is 4.79 Å². The Hall–Kier alpha value is -2.40. The number of likely N-dealkylation sites (tertiary alicyclic amines) is 1. The van der Waals surface area contributed by atoms with Crippen molar-refractivity contribution in [3.8, 4) is 5.75 Å². The van der Waals surface area contributed by atoms with Crippen LogP contribution in [0.25, 0.3) is 10.2 Å². The highest BCUT2D eigenvalue weighted by Crippen LogP contribution is 2.39. The first-order valence-corrected chi connectivity index (χ1v) is 9.96. The molecule has 4 nitrogen and oxygen atoms in total. The molecule has 26 heavy (non-hydrogen) atoms. The fourth-order valence-corrected chi connectivity index (χ4v) is 4.96. The first kappa shape index (κ1) is 15.8. The normalized spacial score (nSPS) is 18.5. The Bertz CT molecular complexity index is 940. The summed E-state index contributed by atoms with van der Waals surface area (Å²) in [7, 11) is 0. The number of benzene rings is 2. The molecular weight excluding hydrogens is 344 g/mol. The van der Waals surface area contributed by atoms with Crippen LogP contribution >= 0.6 is 11.3 Å². The molecule has 0 unspecified atom stereocenters. The molecule has 0 N–H and O–H groups in total. The summed E-state index contributed by atoms with van der Waals surface area (Å²) in [5.74, 6) is 1.07. The fraction of sp³-hybridized carbons (Fsp3) is 0.333. The third kappa shape index (κ3) is 2.67. The van der Waals surface area contributed by atoms with E-state index in [1.54, 1.807) is 0 Å². The Kier molecular flexibility index (Phi) is 3.71. The maximum atomic E-state index is 12.9. The molecule has 0 aliphatic carbocycles. The summed E-state index contributed by atoms with van der Waals surface area (Å²) in [6.07, 6.45) is 3.87. The number of carbonyl (C=O) groups is 1. The van der Waals surface area contributed by atoms with E-state index in [4.69, 9.17) is 4.74 Å². The molecule has 0 radical (unpaired) electrons. The molecular formula is C21H20N2O2S. The summed E-state index contributed by atoms with van der Waals surface area (Å²) < 4.78 is 7.46. The summed E-state index contributed by atoms with van der Waals surface area (Å²) in [6, 6.07) is 16.2. The highest BCUT2D eigenvalue weighted by atomic mass is 32.1. The lowest BCUT2D eigenvalue weighted by atomic mass is 9.83. The van der Waals surface area contributed by atoms with Crippen LogP contribution < -0.4 is 4.74 Å². The zero-order valence-electron chi connectivity index (χ0n) is 14.5. The van der Waals surface area contributed by atoms with E-state index in [0.717, 1.165) is 54.7 Å². The smallest absolute Gasteiger partial charge is 0.282 e. The molecule has 2 aliphatic rings. The SMILES string of the molecule is O=C(c1nc2ccccc2s1)N1CCC2(CCc3ccccc3O2)CC1. The van der Waals surface area contributed by atoms with Gasteiger partial charge in [-0.25, -0.2) is 4.98 Å². The molecule has 1 fully saturated rings. The van der Waals surface area contributed by atoms with Crippen LogP contribution in [0.2, 0.25) is 0 Å². The third-order valence-corrected chi connectivity index (χ3v) is 6.61. The van der Waals surface area contributed by atoms with Gasteiger partial charge in [0.05, 0.1) is 10.2 Å². The number of ether oxygens (including phenoxy) is 1. The number of piperidine rings is 1. The van der Waals surface area contributed by atoms with Crippen molar-refractivity contribution in [2.75, 3.05) is 13.1 Å². The molecule has 1 spiro atoms. The first-order chi connectivity index (χ1) is 12.7. The van der Waals surface area contributed by atoms with Gasteiger partial charge in [0, 0.05) is 25.9 Å². The second-order valence-corrected chi connectivity index (χ2v) is 8.20. The van der Waals surface area contributed by atoms with E-state index in [2.05, 4.69) is 23.2 Å². The van der Waals surface area contributed by atoms with Gasteiger partial charge in [-0.2, -0.15) is 0 Å². The Labute approximate surface area is 156 Å². The van der Waals surface area contributed by atoms with Gasteiger partial charge in [0.2, 0.25) is 0 Å². The molecule has 0 bridgehead atoms. The second-order valence-electron chi connectivity index (χ2n) is 7.17. The van der Waals surface area contributed by atoms with Crippen molar-refractivity contribution in [2.24, 2.45) is 0 Å². The number of hydrogen-bond donors (Lipinski definition) is 0. The summed E-state index contributed by atoms with van der Waals surface area (Å²) in [5, 5.41) is 0.594. The maximum absolute atomic E-state index is 12.9. The predicted molar refractivity (Wildman–Crippen MR) is 103 cm³/mol. The van der Waals surface area contributed by atoms with Crippen LogP contribution in [0.5, 0.6) is 5.75 Å². The molecule has 5 heteroatoms. The van der Waals surface area contributed by atoms with Crippen LogP contribution in [-0.4, -0.2) is 34.5 Å². The van der Waals surface area contributed by atoms with E-state index >= 15 is 0 Å². The van der Waals surface area contributed by atoms with Gasteiger partial charge in [0.15, 0.2) is 5.01 Å². The molecule has 0 saturated carbocycles. The number of hydrogen-bond acceptors (Lipinski definition) is 4.